The number of rotatable bonds is 8. The lowest BCUT2D eigenvalue weighted by atomic mass is 10.0. The molecule has 0 saturated carbocycles. The monoisotopic (exact) mass is 289 g/mol. The topological polar surface area (TPSA) is 52.2 Å². The second-order valence-corrected chi connectivity index (χ2v) is 5.38. The predicted octanol–water partition coefficient (Wildman–Crippen LogP) is 4.16. The molecule has 21 heavy (non-hydrogen) atoms. The number of unbranched alkanes of at least 4 members (excludes halogenated alkanes) is 4. The van der Waals surface area contributed by atoms with E-state index in [-0.39, 0.29) is 11.5 Å². The summed E-state index contributed by atoms with van der Waals surface area (Å²) in [7, 11) is 0. The molecule has 1 aromatic heterocycles. The summed E-state index contributed by atoms with van der Waals surface area (Å²) in [5.74, 6) is -0.239. The van der Waals surface area contributed by atoms with Crippen molar-refractivity contribution in [1.29, 1.82) is 0 Å². The predicted molar refractivity (Wildman–Crippen MR) is 83.9 cm³/mol. The molecule has 0 saturated heterocycles. The third-order valence-corrected chi connectivity index (χ3v) is 3.81. The van der Waals surface area contributed by atoms with Crippen molar-refractivity contribution in [1.82, 2.24) is 4.57 Å². The zero-order valence-electron chi connectivity index (χ0n) is 12.9. The van der Waals surface area contributed by atoms with Crippen molar-refractivity contribution in [2.24, 2.45) is 0 Å². The molecule has 1 heterocycles. The fourth-order valence-corrected chi connectivity index (χ4v) is 2.57. The summed E-state index contributed by atoms with van der Waals surface area (Å²) in [6.45, 7) is 4.64. The number of hydrogen-bond acceptors (Lipinski definition) is 3. The molecule has 0 N–H and O–H groups in total. The molecule has 2 rings (SSSR count). The molecule has 0 aliphatic carbocycles. The standard InChI is InChI=1S/C17H23NO3/c1-3-5-6-7-8-9-15(19)13-10-11-14-16(12-13)21-17(20)18(14)4-2/h10-12H,3-9H2,1-2H3. The van der Waals surface area contributed by atoms with Gasteiger partial charge in [0.25, 0.3) is 0 Å². The highest BCUT2D eigenvalue weighted by atomic mass is 16.4. The molecule has 0 unspecified atom stereocenters. The lowest BCUT2D eigenvalue weighted by Gasteiger charge is -2.02. The van der Waals surface area contributed by atoms with Crippen molar-refractivity contribution < 1.29 is 9.21 Å². The Morgan fingerprint density at radius 1 is 1.14 bits per heavy atom. The minimum Gasteiger partial charge on any atom is -0.408 e. The highest BCUT2D eigenvalue weighted by Gasteiger charge is 2.11. The summed E-state index contributed by atoms with van der Waals surface area (Å²) in [5.41, 5.74) is 1.88. The van der Waals surface area contributed by atoms with E-state index in [0.717, 1.165) is 18.4 Å². The van der Waals surface area contributed by atoms with Crippen LogP contribution in [0.4, 0.5) is 0 Å². The summed E-state index contributed by atoms with van der Waals surface area (Å²) >= 11 is 0. The van der Waals surface area contributed by atoms with Crippen LogP contribution >= 0.6 is 0 Å². The Hall–Kier alpha value is -1.84. The molecule has 0 bridgehead atoms. The third-order valence-electron chi connectivity index (χ3n) is 3.81. The van der Waals surface area contributed by atoms with Gasteiger partial charge in [0.2, 0.25) is 0 Å². The molecule has 4 nitrogen and oxygen atoms in total. The Balaban J connectivity index is 2.05. The average Bonchev–Trinajstić information content (AvgIpc) is 2.80. The Morgan fingerprint density at radius 3 is 2.62 bits per heavy atom. The molecular formula is C17H23NO3. The van der Waals surface area contributed by atoms with Crippen LogP contribution in [0, 0.1) is 0 Å². The summed E-state index contributed by atoms with van der Waals surface area (Å²) in [4.78, 5) is 23.8. The number of hydrogen-bond donors (Lipinski definition) is 0. The van der Waals surface area contributed by atoms with Crippen LogP contribution in [-0.2, 0) is 6.54 Å². The largest absolute Gasteiger partial charge is 0.419 e. The second kappa shape index (κ2) is 7.25. The minimum atomic E-state index is -0.364. The smallest absolute Gasteiger partial charge is 0.408 e. The van der Waals surface area contributed by atoms with Crippen molar-refractivity contribution >= 4 is 16.9 Å². The van der Waals surface area contributed by atoms with E-state index in [0.29, 0.717) is 24.1 Å². The van der Waals surface area contributed by atoms with Crippen molar-refractivity contribution in [3.05, 3.63) is 34.3 Å². The van der Waals surface area contributed by atoms with Gasteiger partial charge in [-0.3, -0.25) is 9.36 Å². The molecule has 4 heteroatoms. The van der Waals surface area contributed by atoms with Crippen LogP contribution in [0.1, 0.15) is 62.7 Å². The maximum atomic E-state index is 12.2. The van der Waals surface area contributed by atoms with Gasteiger partial charge in [-0.2, -0.15) is 0 Å². The first-order valence-corrected chi connectivity index (χ1v) is 7.84. The summed E-state index contributed by atoms with van der Waals surface area (Å²) in [6, 6.07) is 5.28. The van der Waals surface area contributed by atoms with Gasteiger partial charge in [0.1, 0.15) is 0 Å². The number of oxazole rings is 1. The first kappa shape index (κ1) is 15.5. The van der Waals surface area contributed by atoms with Crippen LogP contribution in [-0.4, -0.2) is 10.4 Å². The maximum absolute atomic E-state index is 12.2. The molecule has 2 aromatic rings. The lowest BCUT2D eigenvalue weighted by Crippen LogP contribution is -2.11. The quantitative estimate of drug-likeness (QED) is 0.541. The first-order chi connectivity index (χ1) is 10.2. The highest BCUT2D eigenvalue weighted by Crippen LogP contribution is 2.17. The molecule has 1 aromatic carbocycles. The zero-order chi connectivity index (χ0) is 15.2. The highest BCUT2D eigenvalue weighted by molar-refractivity contribution is 5.98. The number of carbonyl (C=O) groups excluding carboxylic acids is 1. The van der Waals surface area contributed by atoms with Gasteiger partial charge in [0.15, 0.2) is 11.4 Å². The van der Waals surface area contributed by atoms with Crippen molar-refractivity contribution in [2.75, 3.05) is 0 Å². The number of aryl methyl sites for hydroxylation is 1. The normalized spacial score (nSPS) is 11.1. The molecule has 0 fully saturated rings. The summed E-state index contributed by atoms with van der Waals surface area (Å²) in [5, 5.41) is 0. The van der Waals surface area contributed by atoms with Crippen LogP contribution < -0.4 is 5.76 Å². The van der Waals surface area contributed by atoms with Crippen LogP contribution in [0.2, 0.25) is 0 Å². The molecule has 0 amide bonds. The molecule has 114 valence electrons. The van der Waals surface area contributed by atoms with Gasteiger partial charge in [-0.1, -0.05) is 32.6 Å². The first-order valence-electron chi connectivity index (χ1n) is 7.84. The Bertz CT molecular complexity index is 666. The van der Waals surface area contributed by atoms with Crippen LogP contribution in [0.5, 0.6) is 0 Å². The fourth-order valence-electron chi connectivity index (χ4n) is 2.57. The summed E-state index contributed by atoms with van der Waals surface area (Å²) in [6.07, 6.45) is 6.22. The fraction of sp³-hybridized carbons (Fsp3) is 0.529. The summed E-state index contributed by atoms with van der Waals surface area (Å²) < 4.78 is 6.76. The molecule has 0 aliphatic heterocycles. The van der Waals surface area contributed by atoms with Crippen molar-refractivity contribution in [3.63, 3.8) is 0 Å². The molecule has 0 aliphatic rings. The van der Waals surface area contributed by atoms with Crippen LogP contribution in [0.25, 0.3) is 11.1 Å². The van der Waals surface area contributed by atoms with E-state index in [1.165, 1.54) is 19.3 Å². The van der Waals surface area contributed by atoms with Gasteiger partial charge < -0.3 is 4.42 Å². The van der Waals surface area contributed by atoms with E-state index in [1.54, 1.807) is 22.8 Å². The van der Waals surface area contributed by atoms with Gasteiger partial charge >= 0.3 is 5.76 Å². The van der Waals surface area contributed by atoms with Gasteiger partial charge in [-0.25, -0.2) is 4.79 Å². The number of benzene rings is 1. The third kappa shape index (κ3) is 3.63. The number of ketones is 1. The van der Waals surface area contributed by atoms with E-state index in [2.05, 4.69) is 6.92 Å². The maximum Gasteiger partial charge on any atom is 0.419 e. The number of Topliss-reactive ketones (excluding diaryl/α,β-unsaturated/α-hetero) is 1. The van der Waals surface area contributed by atoms with Gasteiger partial charge in [0.05, 0.1) is 5.52 Å². The van der Waals surface area contributed by atoms with Crippen molar-refractivity contribution in [2.45, 2.75) is 58.9 Å². The van der Waals surface area contributed by atoms with E-state index in [4.69, 9.17) is 4.42 Å². The van der Waals surface area contributed by atoms with Crippen molar-refractivity contribution in [3.8, 4) is 0 Å². The number of nitrogens with zero attached hydrogens (tertiary/aromatic N) is 1. The molecular weight excluding hydrogens is 266 g/mol. The van der Waals surface area contributed by atoms with Gasteiger partial charge in [-0.05, 0) is 31.5 Å². The average molecular weight is 289 g/mol. The van der Waals surface area contributed by atoms with E-state index >= 15 is 0 Å². The van der Waals surface area contributed by atoms with Gasteiger partial charge in [0, 0.05) is 18.5 Å². The van der Waals surface area contributed by atoms with Crippen LogP contribution in [0.15, 0.2) is 27.4 Å². The Labute approximate surface area is 124 Å². The lowest BCUT2D eigenvalue weighted by molar-refractivity contribution is 0.0979. The van der Waals surface area contributed by atoms with Crippen LogP contribution in [0.3, 0.4) is 0 Å². The Kier molecular flexibility index (Phi) is 5.37. The number of fused-ring (bicyclic) bond motifs is 1. The number of carbonyl (C=O) groups is 1. The van der Waals surface area contributed by atoms with Gasteiger partial charge in [-0.15, -0.1) is 0 Å². The SMILES string of the molecule is CCCCCCCC(=O)c1ccc2c(c1)oc(=O)n2CC. The number of aromatic nitrogens is 1. The van der Waals surface area contributed by atoms with E-state index in [9.17, 15) is 9.59 Å². The Morgan fingerprint density at radius 2 is 1.90 bits per heavy atom. The minimum absolute atomic E-state index is 0.125. The van der Waals surface area contributed by atoms with E-state index in [1.807, 2.05) is 6.92 Å². The molecule has 0 atom stereocenters. The van der Waals surface area contributed by atoms with E-state index < -0.39 is 0 Å². The zero-order valence-corrected chi connectivity index (χ0v) is 12.9. The second-order valence-electron chi connectivity index (χ2n) is 5.38. The molecule has 0 radical (unpaired) electrons. The molecule has 0 spiro atoms.